The molecule has 1 aliphatic heterocycles. The van der Waals surface area contributed by atoms with Gasteiger partial charge in [0.1, 0.15) is 5.38 Å². The lowest BCUT2D eigenvalue weighted by Crippen LogP contribution is -2.30. The van der Waals surface area contributed by atoms with Crippen LogP contribution in [0.25, 0.3) is 0 Å². The van der Waals surface area contributed by atoms with E-state index in [9.17, 15) is 4.79 Å². The first-order valence-electron chi connectivity index (χ1n) is 6.17. The molecule has 0 aromatic carbocycles. The Morgan fingerprint density at radius 1 is 1.53 bits per heavy atom. The van der Waals surface area contributed by atoms with E-state index in [0.29, 0.717) is 0 Å². The second kappa shape index (κ2) is 5.54. The Morgan fingerprint density at radius 2 is 2.24 bits per heavy atom. The van der Waals surface area contributed by atoms with Crippen LogP contribution in [0, 0.1) is 0 Å². The van der Waals surface area contributed by atoms with Crippen LogP contribution in [0.3, 0.4) is 0 Å². The van der Waals surface area contributed by atoms with Gasteiger partial charge in [-0.05, 0) is 19.3 Å². The third-order valence-corrected chi connectivity index (χ3v) is 3.47. The summed E-state index contributed by atoms with van der Waals surface area (Å²) >= 11 is 6.21. The molecule has 1 atom stereocenters. The third-order valence-electron chi connectivity index (χ3n) is 3.03. The van der Waals surface area contributed by atoms with Gasteiger partial charge in [-0.2, -0.15) is 5.10 Å². The zero-order valence-electron chi connectivity index (χ0n) is 10.1. The summed E-state index contributed by atoms with van der Waals surface area (Å²) in [4.78, 5) is 13.9. The highest BCUT2D eigenvalue weighted by atomic mass is 35.5. The fraction of sp³-hybridized carbons (Fsp3) is 0.667. The van der Waals surface area contributed by atoms with Crippen LogP contribution in [-0.2, 0) is 11.3 Å². The summed E-state index contributed by atoms with van der Waals surface area (Å²) in [6, 6.07) is 0. The van der Waals surface area contributed by atoms with Crippen LogP contribution in [0.15, 0.2) is 12.4 Å². The predicted molar refractivity (Wildman–Crippen MR) is 66.9 cm³/mol. The quantitative estimate of drug-likeness (QED) is 0.774. The van der Waals surface area contributed by atoms with Gasteiger partial charge in [-0.25, -0.2) is 0 Å². The summed E-state index contributed by atoms with van der Waals surface area (Å²) in [6.45, 7) is 4.63. The lowest BCUT2D eigenvalue weighted by atomic mass is 10.2. The Hall–Kier alpha value is -1.03. The molecule has 4 nitrogen and oxygen atoms in total. The zero-order chi connectivity index (χ0) is 12.3. The summed E-state index contributed by atoms with van der Waals surface area (Å²) in [5, 5.41) is 3.61. The first kappa shape index (κ1) is 12.4. The van der Waals surface area contributed by atoms with Crippen molar-refractivity contribution in [3.63, 3.8) is 0 Å². The van der Waals surface area contributed by atoms with E-state index in [-0.39, 0.29) is 5.91 Å². The number of carbonyl (C=O) groups is 1. The Balaban J connectivity index is 2.02. The molecular formula is C12H18ClN3O. The van der Waals surface area contributed by atoms with E-state index in [1.165, 1.54) is 0 Å². The second-order valence-electron chi connectivity index (χ2n) is 4.43. The largest absolute Gasteiger partial charge is 0.341 e. The number of amides is 1. The molecule has 94 valence electrons. The summed E-state index contributed by atoms with van der Waals surface area (Å²) in [5.74, 6) is 0.0141. The molecule has 17 heavy (non-hydrogen) atoms. The topological polar surface area (TPSA) is 38.1 Å². The number of nitrogens with zero attached hydrogens (tertiary/aromatic N) is 3. The van der Waals surface area contributed by atoms with E-state index in [0.717, 1.165) is 44.5 Å². The Kier molecular flexibility index (Phi) is 4.05. The van der Waals surface area contributed by atoms with Crippen LogP contribution in [0.2, 0.25) is 0 Å². The minimum Gasteiger partial charge on any atom is -0.341 e. The number of hydrogen-bond donors (Lipinski definition) is 0. The van der Waals surface area contributed by atoms with Crippen LogP contribution in [0.5, 0.6) is 0 Å². The van der Waals surface area contributed by atoms with Gasteiger partial charge >= 0.3 is 0 Å². The molecule has 1 aromatic rings. The molecule has 0 spiro atoms. The molecular weight excluding hydrogens is 238 g/mol. The van der Waals surface area contributed by atoms with E-state index in [1.54, 1.807) is 6.20 Å². The number of carbonyl (C=O) groups excluding carboxylic acids is 1. The maximum absolute atomic E-state index is 12.1. The van der Waals surface area contributed by atoms with Crippen molar-refractivity contribution in [2.75, 3.05) is 13.1 Å². The number of aryl methyl sites for hydroxylation is 1. The summed E-state index contributed by atoms with van der Waals surface area (Å²) in [7, 11) is 0. The second-order valence-corrected chi connectivity index (χ2v) is 4.87. The number of hydrogen-bond acceptors (Lipinski definition) is 2. The SMILES string of the molecule is CCCn1cc(C(Cl)C(=O)N2CCCC2)cn1. The van der Waals surface area contributed by atoms with Gasteiger partial charge in [-0.1, -0.05) is 6.92 Å². The van der Waals surface area contributed by atoms with Crippen molar-refractivity contribution >= 4 is 17.5 Å². The van der Waals surface area contributed by atoms with E-state index >= 15 is 0 Å². The normalized spacial score (nSPS) is 17.4. The minimum atomic E-state index is -0.585. The average molecular weight is 256 g/mol. The van der Waals surface area contributed by atoms with Gasteiger partial charge in [0, 0.05) is 31.4 Å². The molecule has 1 amide bonds. The molecule has 1 saturated heterocycles. The van der Waals surface area contributed by atoms with Crippen LogP contribution >= 0.6 is 11.6 Å². The summed E-state index contributed by atoms with van der Waals surface area (Å²) < 4.78 is 1.84. The van der Waals surface area contributed by atoms with E-state index in [4.69, 9.17) is 11.6 Å². The molecule has 1 unspecified atom stereocenters. The average Bonchev–Trinajstić information content (AvgIpc) is 2.98. The molecule has 5 heteroatoms. The number of alkyl halides is 1. The van der Waals surface area contributed by atoms with Crippen molar-refractivity contribution in [1.82, 2.24) is 14.7 Å². The fourth-order valence-electron chi connectivity index (χ4n) is 2.10. The van der Waals surface area contributed by atoms with Crippen molar-refractivity contribution in [3.8, 4) is 0 Å². The number of likely N-dealkylation sites (tertiary alicyclic amines) is 1. The maximum Gasteiger partial charge on any atom is 0.245 e. The van der Waals surface area contributed by atoms with Crippen molar-refractivity contribution < 1.29 is 4.79 Å². The van der Waals surface area contributed by atoms with E-state index in [2.05, 4.69) is 12.0 Å². The molecule has 1 aliphatic rings. The van der Waals surface area contributed by atoms with Gasteiger partial charge in [0.25, 0.3) is 0 Å². The number of aromatic nitrogens is 2. The van der Waals surface area contributed by atoms with E-state index < -0.39 is 5.38 Å². The first-order valence-corrected chi connectivity index (χ1v) is 6.61. The van der Waals surface area contributed by atoms with Crippen LogP contribution in [0.4, 0.5) is 0 Å². The zero-order valence-corrected chi connectivity index (χ0v) is 10.9. The highest BCUT2D eigenvalue weighted by molar-refractivity contribution is 6.30. The van der Waals surface area contributed by atoms with Crippen LogP contribution in [-0.4, -0.2) is 33.7 Å². The molecule has 0 aliphatic carbocycles. The lowest BCUT2D eigenvalue weighted by Gasteiger charge is -2.17. The first-order chi connectivity index (χ1) is 8.22. The smallest absolute Gasteiger partial charge is 0.245 e. The third kappa shape index (κ3) is 2.80. The molecule has 1 aromatic heterocycles. The van der Waals surface area contributed by atoms with E-state index in [1.807, 2.05) is 15.8 Å². The molecule has 2 heterocycles. The van der Waals surface area contributed by atoms with Crippen molar-refractivity contribution in [1.29, 1.82) is 0 Å². The Bertz CT molecular complexity index is 385. The van der Waals surface area contributed by atoms with Gasteiger partial charge in [-0.15, -0.1) is 11.6 Å². The van der Waals surface area contributed by atoms with Gasteiger partial charge in [0.15, 0.2) is 0 Å². The van der Waals surface area contributed by atoms with Crippen molar-refractivity contribution in [3.05, 3.63) is 18.0 Å². The summed E-state index contributed by atoms with van der Waals surface area (Å²) in [5.41, 5.74) is 0.803. The molecule has 0 N–H and O–H groups in total. The Morgan fingerprint density at radius 3 is 2.88 bits per heavy atom. The number of halogens is 1. The van der Waals surface area contributed by atoms with Gasteiger partial charge < -0.3 is 4.90 Å². The van der Waals surface area contributed by atoms with Crippen molar-refractivity contribution in [2.24, 2.45) is 0 Å². The Labute approximate surface area is 107 Å². The fourth-order valence-corrected chi connectivity index (χ4v) is 2.35. The highest BCUT2D eigenvalue weighted by Gasteiger charge is 2.26. The molecule has 0 saturated carbocycles. The highest BCUT2D eigenvalue weighted by Crippen LogP contribution is 2.24. The van der Waals surface area contributed by atoms with Gasteiger partial charge in [-0.3, -0.25) is 9.48 Å². The van der Waals surface area contributed by atoms with Crippen molar-refractivity contribution in [2.45, 2.75) is 38.1 Å². The molecule has 0 radical (unpaired) electrons. The monoisotopic (exact) mass is 255 g/mol. The van der Waals surface area contributed by atoms with Crippen LogP contribution in [0.1, 0.15) is 37.1 Å². The standard InChI is InChI=1S/C12H18ClN3O/c1-2-5-16-9-10(8-14-16)11(13)12(17)15-6-3-4-7-15/h8-9,11H,2-7H2,1H3. The maximum atomic E-state index is 12.1. The number of rotatable bonds is 4. The molecule has 0 bridgehead atoms. The summed E-state index contributed by atoms with van der Waals surface area (Å²) in [6.07, 6.45) is 6.76. The minimum absolute atomic E-state index is 0.0141. The lowest BCUT2D eigenvalue weighted by molar-refractivity contribution is -0.129. The van der Waals surface area contributed by atoms with Crippen LogP contribution < -0.4 is 0 Å². The van der Waals surface area contributed by atoms with Gasteiger partial charge in [0.05, 0.1) is 6.20 Å². The molecule has 2 rings (SSSR count). The molecule has 1 fully saturated rings. The van der Waals surface area contributed by atoms with Gasteiger partial charge in [0.2, 0.25) is 5.91 Å². The predicted octanol–water partition coefficient (Wildman–Crippen LogP) is 2.20.